The van der Waals surface area contributed by atoms with Crippen molar-refractivity contribution in [2.75, 3.05) is 30.9 Å². The molecule has 0 aliphatic carbocycles. The van der Waals surface area contributed by atoms with Gasteiger partial charge in [0.05, 0.1) is 19.6 Å². The maximum absolute atomic E-state index is 12.5. The SMILES string of the molecule is C=CCCCc1ccc(OCCC(=O)OC2CN(C)C(=O)N2c2nnc([S+]([O-])CC)s2)cc1. The number of anilines is 1. The van der Waals surface area contributed by atoms with Crippen LogP contribution in [0.15, 0.2) is 41.3 Å². The lowest BCUT2D eigenvalue weighted by Crippen LogP contribution is -2.37. The molecule has 1 aliphatic rings. The van der Waals surface area contributed by atoms with Crippen LogP contribution in [-0.2, 0) is 27.1 Å². The van der Waals surface area contributed by atoms with E-state index in [1.807, 2.05) is 30.3 Å². The van der Waals surface area contributed by atoms with Gasteiger partial charge >= 0.3 is 16.3 Å². The Hall–Kier alpha value is -2.63. The molecule has 9 nitrogen and oxygen atoms in total. The molecular formula is C22H28N4O5S2. The number of benzene rings is 1. The fraction of sp³-hybridized carbons (Fsp3) is 0.455. The number of unbranched alkanes of at least 4 members (excludes halogenated alkanes) is 1. The molecule has 0 saturated carbocycles. The van der Waals surface area contributed by atoms with Gasteiger partial charge in [0.15, 0.2) is 0 Å². The van der Waals surface area contributed by atoms with E-state index in [0.29, 0.717) is 15.8 Å². The van der Waals surface area contributed by atoms with Gasteiger partial charge in [-0.2, -0.15) is 0 Å². The van der Waals surface area contributed by atoms with Crippen LogP contribution in [0.4, 0.5) is 9.93 Å². The zero-order chi connectivity index (χ0) is 23.8. The lowest BCUT2D eigenvalue weighted by Gasteiger charge is -2.19. The number of amides is 2. The van der Waals surface area contributed by atoms with Gasteiger partial charge < -0.3 is 18.9 Å². The average Bonchev–Trinajstić information content (AvgIpc) is 3.39. The summed E-state index contributed by atoms with van der Waals surface area (Å²) < 4.78 is 23.5. The molecule has 1 aromatic carbocycles. The van der Waals surface area contributed by atoms with E-state index in [-0.39, 0.29) is 30.7 Å². The van der Waals surface area contributed by atoms with E-state index in [2.05, 4.69) is 16.8 Å². The van der Waals surface area contributed by atoms with Crippen molar-refractivity contribution in [3.63, 3.8) is 0 Å². The number of esters is 1. The highest BCUT2D eigenvalue weighted by Gasteiger charge is 2.41. The molecule has 0 N–H and O–H groups in total. The number of nitrogens with zero attached hydrogens (tertiary/aromatic N) is 4. The molecule has 3 rings (SSSR count). The van der Waals surface area contributed by atoms with E-state index in [9.17, 15) is 14.1 Å². The second-order valence-corrected chi connectivity index (χ2v) is 10.3. The van der Waals surface area contributed by atoms with Crippen molar-refractivity contribution in [3.8, 4) is 5.75 Å². The second kappa shape index (κ2) is 12.0. The van der Waals surface area contributed by atoms with Crippen molar-refractivity contribution in [2.45, 2.75) is 43.2 Å². The number of allylic oxidation sites excluding steroid dienone is 1. The molecule has 1 aromatic heterocycles. The van der Waals surface area contributed by atoms with Gasteiger partial charge in [0, 0.05) is 18.2 Å². The fourth-order valence-corrected chi connectivity index (χ4v) is 5.12. The molecular weight excluding hydrogens is 464 g/mol. The van der Waals surface area contributed by atoms with Crippen molar-refractivity contribution in [1.29, 1.82) is 0 Å². The lowest BCUT2D eigenvalue weighted by molar-refractivity contribution is -0.148. The Bertz CT molecular complexity index is 953. The Morgan fingerprint density at radius 2 is 2.12 bits per heavy atom. The molecule has 2 heterocycles. The van der Waals surface area contributed by atoms with Gasteiger partial charge in [0.25, 0.3) is 0 Å². The number of ether oxygens (including phenoxy) is 2. The van der Waals surface area contributed by atoms with Crippen LogP contribution in [-0.4, -0.2) is 63.8 Å². The summed E-state index contributed by atoms with van der Waals surface area (Å²) in [5, 5.41) is 8.13. The smallest absolute Gasteiger partial charge is 0.329 e. The summed E-state index contributed by atoms with van der Waals surface area (Å²) in [7, 11) is 1.61. The Labute approximate surface area is 200 Å². The first-order valence-electron chi connectivity index (χ1n) is 10.7. The first-order valence-corrected chi connectivity index (χ1v) is 12.8. The van der Waals surface area contributed by atoms with E-state index in [1.54, 1.807) is 14.0 Å². The normalized spacial score (nSPS) is 16.7. The maximum atomic E-state index is 12.5. The monoisotopic (exact) mass is 492 g/mol. The van der Waals surface area contributed by atoms with Crippen LogP contribution in [0.5, 0.6) is 5.75 Å². The Morgan fingerprint density at radius 3 is 2.82 bits per heavy atom. The van der Waals surface area contributed by atoms with Gasteiger partial charge in [0.1, 0.15) is 11.5 Å². The van der Waals surface area contributed by atoms with Crippen LogP contribution in [0, 0.1) is 0 Å². The summed E-state index contributed by atoms with van der Waals surface area (Å²) in [5.41, 5.74) is 1.22. The Morgan fingerprint density at radius 1 is 1.36 bits per heavy atom. The first-order chi connectivity index (χ1) is 15.9. The van der Waals surface area contributed by atoms with Crippen molar-refractivity contribution in [3.05, 3.63) is 42.5 Å². The van der Waals surface area contributed by atoms with Crippen LogP contribution in [0.3, 0.4) is 0 Å². The number of hydrogen-bond acceptors (Lipinski definition) is 8. The third kappa shape index (κ3) is 6.68. The maximum Gasteiger partial charge on any atom is 0.329 e. The summed E-state index contributed by atoms with van der Waals surface area (Å²) in [6.07, 6.45) is 4.13. The lowest BCUT2D eigenvalue weighted by atomic mass is 10.1. The van der Waals surface area contributed by atoms with Gasteiger partial charge in [-0.15, -0.1) is 11.7 Å². The second-order valence-electron chi connectivity index (χ2n) is 7.39. The molecule has 2 unspecified atom stereocenters. The summed E-state index contributed by atoms with van der Waals surface area (Å²) >= 11 is -0.216. The van der Waals surface area contributed by atoms with Crippen LogP contribution < -0.4 is 9.64 Å². The fourth-order valence-electron chi connectivity index (χ4n) is 3.18. The molecule has 1 fully saturated rings. The first kappa shape index (κ1) is 25.0. The summed E-state index contributed by atoms with van der Waals surface area (Å²) in [5.74, 6) is 0.591. The number of hydrogen-bond donors (Lipinski definition) is 0. The van der Waals surface area contributed by atoms with E-state index in [0.717, 1.165) is 30.6 Å². The van der Waals surface area contributed by atoms with Crippen molar-refractivity contribution < 1.29 is 23.6 Å². The molecule has 2 amide bonds. The van der Waals surface area contributed by atoms with Gasteiger partial charge in [0.2, 0.25) is 11.4 Å². The molecule has 2 atom stereocenters. The molecule has 33 heavy (non-hydrogen) atoms. The summed E-state index contributed by atoms with van der Waals surface area (Å²) in [4.78, 5) is 27.7. The Balaban J connectivity index is 1.50. The highest BCUT2D eigenvalue weighted by molar-refractivity contribution is 7.93. The Kier molecular flexibility index (Phi) is 9.10. The van der Waals surface area contributed by atoms with E-state index < -0.39 is 23.4 Å². The molecule has 178 valence electrons. The molecule has 1 saturated heterocycles. The van der Waals surface area contributed by atoms with Crippen molar-refractivity contribution >= 4 is 39.6 Å². The summed E-state index contributed by atoms with van der Waals surface area (Å²) in [6, 6.07) is 7.43. The number of urea groups is 1. The minimum absolute atomic E-state index is 0.0323. The molecule has 2 aromatic rings. The number of likely N-dealkylation sites (N-methyl/N-ethyl adjacent to an activating group) is 1. The predicted octanol–water partition coefficient (Wildman–Crippen LogP) is 3.38. The van der Waals surface area contributed by atoms with Crippen LogP contribution in [0.2, 0.25) is 0 Å². The average molecular weight is 493 g/mol. The van der Waals surface area contributed by atoms with Gasteiger partial charge in [-0.05, 0) is 55.2 Å². The van der Waals surface area contributed by atoms with Crippen LogP contribution >= 0.6 is 11.3 Å². The quantitative estimate of drug-likeness (QED) is 0.147. The molecule has 1 aliphatic heterocycles. The topological polar surface area (TPSA) is 108 Å². The zero-order valence-electron chi connectivity index (χ0n) is 18.8. The van der Waals surface area contributed by atoms with Gasteiger partial charge in [-0.1, -0.05) is 23.3 Å². The number of rotatable bonds is 12. The van der Waals surface area contributed by atoms with Crippen LogP contribution in [0.25, 0.3) is 0 Å². The van der Waals surface area contributed by atoms with Crippen molar-refractivity contribution in [1.82, 2.24) is 15.1 Å². The number of carbonyl (C=O) groups is 2. The van der Waals surface area contributed by atoms with Gasteiger partial charge in [-0.25, -0.2) is 9.69 Å². The molecule has 11 heteroatoms. The largest absolute Gasteiger partial charge is 0.610 e. The summed E-state index contributed by atoms with van der Waals surface area (Å²) in [6.45, 7) is 5.86. The number of aryl methyl sites for hydroxylation is 1. The van der Waals surface area contributed by atoms with E-state index in [4.69, 9.17) is 9.47 Å². The van der Waals surface area contributed by atoms with Crippen molar-refractivity contribution in [2.24, 2.45) is 0 Å². The molecule has 0 bridgehead atoms. The number of aromatic nitrogens is 2. The van der Waals surface area contributed by atoms with Crippen LogP contribution in [0.1, 0.15) is 31.7 Å². The third-order valence-corrected chi connectivity index (χ3v) is 7.47. The minimum Gasteiger partial charge on any atom is -0.610 e. The third-order valence-electron chi connectivity index (χ3n) is 4.95. The molecule has 0 radical (unpaired) electrons. The zero-order valence-corrected chi connectivity index (χ0v) is 20.4. The standard InChI is InChI=1S/C22H28N4O5S2/c1-4-6-7-8-16-9-11-17(12-10-16)30-14-13-19(27)31-18-15-25(3)22(28)26(18)20-23-24-21(32-20)33(29)5-2/h4,9-12,18H,1,5-8,13-15H2,2-3H3. The predicted molar refractivity (Wildman–Crippen MR) is 127 cm³/mol. The highest BCUT2D eigenvalue weighted by atomic mass is 32.2. The number of carbonyl (C=O) groups excluding carboxylic acids is 2. The van der Waals surface area contributed by atoms with E-state index in [1.165, 1.54) is 15.4 Å². The minimum atomic E-state index is -1.27. The highest BCUT2D eigenvalue weighted by Crippen LogP contribution is 2.30. The van der Waals surface area contributed by atoms with Gasteiger partial charge in [-0.3, -0.25) is 4.79 Å². The molecule has 0 spiro atoms. The van der Waals surface area contributed by atoms with E-state index >= 15 is 0 Å².